The maximum absolute atomic E-state index is 12.1. The van der Waals surface area contributed by atoms with Gasteiger partial charge in [0.05, 0.1) is 27.7 Å². The summed E-state index contributed by atoms with van der Waals surface area (Å²) in [4.78, 5) is 22.9. The van der Waals surface area contributed by atoms with Crippen LogP contribution in [-0.2, 0) is 4.79 Å². The molecule has 0 N–H and O–H groups in total. The zero-order chi connectivity index (χ0) is 16.4. The van der Waals surface area contributed by atoms with E-state index in [-0.39, 0.29) is 11.5 Å². The Bertz CT molecular complexity index is 924. The molecule has 3 rings (SSSR count). The van der Waals surface area contributed by atoms with Crippen LogP contribution < -0.4 is 0 Å². The summed E-state index contributed by atoms with van der Waals surface area (Å²) in [6.45, 7) is 1.45. The third-order valence-corrected chi connectivity index (χ3v) is 3.61. The predicted octanol–water partition coefficient (Wildman–Crippen LogP) is 4.14. The Labute approximate surface area is 132 Å². The number of nitro groups is 1. The number of fused-ring (bicyclic) bond motifs is 1. The van der Waals surface area contributed by atoms with Gasteiger partial charge in [0.15, 0.2) is 5.78 Å². The Morgan fingerprint density at radius 3 is 2.39 bits per heavy atom. The van der Waals surface area contributed by atoms with E-state index in [9.17, 15) is 14.9 Å². The molecule has 114 valence electrons. The van der Waals surface area contributed by atoms with Crippen LogP contribution in [-0.4, -0.2) is 15.3 Å². The van der Waals surface area contributed by atoms with Gasteiger partial charge in [0.1, 0.15) is 0 Å². The van der Waals surface area contributed by atoms with Gasteiger partial charge in [-0.05, 0) is 23.8 Å². The standard InChI is InChI=1S/C18H14N2O3/c1-13(21)17(11-14-7-3-2-4-8-14)19-12-18(20(22)23)15-9-5-6-10-16(15)19/h2-12H,1H3/b17-11-. The molecule has 0 radical (unpaired) electrons. The van der Waals surface area contributed by atoms with E-state index in [0.29, 0.717) is 16.6 Å². The Morgan fingerprint density at radius 1 is 1.09 bits per heavy atom. The largest absolute Gasteiger partial charge is 0.306 e. The lowest BCUT2D eigenvalue weighted by Crippen LogP contribution is -2.04. The molecule has 0 spiro atoms. The smallest absolute Gasteiger partial charge is 0.295 e. The first-order chi connectivity index (χ1) is 11.1. The second kappa shape index (κ2) is 5.88. The Balaban J connectivity index is 2.26. The molecule has 0 saturated heterocycles. The summed E-state index contributed by atoms with van der Waals surface area (Å²) < 4.78 is 1.59. The summed E-state index contributed by atoms with van der Waals surface area (Å²) in [7, 11) is 0. The van der Waals surface area contributed by atoms with Crippen molar-refractivity contribution in [2.75, 3.05) is 0 Å². The quantitative estimate of drug-likeness (QED) is 0.413. The second-order valence-electron chi connectivity index (χ2n) is 5.16. The van der Waals surface area contributed by atoms with Crippen LogP contribution in [0.1, 0.15) is 12.5 Å². The molecule has 5 heteroatoms. The lowest BCUT2D eigenvalue weighted by atomic mass is 10.1. The van der Waals surface area contributed by atoms with E-state index in [4.69, 9.17) is 0 Å². The first-order valence-corrected chi connectivity index (χ1v) is 7.10. The fourth-order valence-electron chi connectivity index (χ4n) is 2.55. The highest BCUT2D eigenvalue weighted by Crippen LogP contribution is 2.30. The molecule has 0 atom stereocenters. The zero-order valence-electron chi connectivity index (χ0n) is 12.5. The molecule has 0 amide bonds. The number of ketones is 1. The zero-order valence-corrected chi connectivity index (χ0v) is 12.5. The minimum Gasteiger partial charge on any atom is -0.306 e. The Morgan fingerprint density at radius 2 is 1.74 bits per heavy atom. The van der Waals surface area contributed by atoms with E-state index in [1.54, 1.807) is 34.9 Å². The average Bonchev–Trinajstić information content (AvgIpc) is 2.93. The molecule has 0 aliphatic rings. The van der Waals surface area contributed by atoms with Gasteiger partial charge in [-0.3, -0.25) is 14.9 Å². The molecule has 0 bridgehead atoms. The molecule has 0 unspecified atom stereocenters. The number of carbonyl (C=O) groups excluding carboxylic acids is 1. The van der Waals surface area contributed by atoms with Crippen molar-refractivity contribution in [3.05, 3.63) is 76.5 Å². The van der Waals surface area contributed by atoms with Crippen molar-refractivity contribution in [2.24, 2.45) is 0 Å². The van der Waals surface area contributed by atoms with Gasteiger partial charge in [-0.25, -0.2) is 0 Å². The molecule has 0 aliphatic heterocycles. The highest BCUT2D eigenvalue weighted by Gasteiger charge is 2.20. The van der Waals surface area contributed by atoms with Crippen molar-refractivity contribution in [3.63, 3.8) is 0 Å². The summed E-state index contributed by atoms with van der Waals surface area (Å²) in [6, 6.07) is 16.4. The van der Waals surface area contributed by atoms with Crippen molar-refractivity contribution >= 4 is 34.1 Å². The number of para-hydroxylation sites is 1. The third-order valence-electron chi connectivity index (χ3n) is 3.61. The minimum absolute atomic E-state index is 0.0131. The predicted molar refractivity (Wildman–Crippen MR) is 89.9 cm³/mol. The van der Waals surface area contributed by atoms with Gasteiger partial charge < -0.3 is 4.57 Å². The molecule has 2 aromatic carbocycles. The van der Waals surface area contributed by atoms with Gasteiger partial charge in [-0.15, -0.1) is 0 Å². The molecular weight excluding hydrogens is 292 g/mol. The number of carbonyl (C=O) groups is 1. The minimum atomic E-state index is -0.431. The van der Waals surface area contributed by atoms with Crippen molar-refractivity contribution in [1.82, 2.24) is 4.57 Å². The maximum atomic E-state index is 12.1. The number of aromatic nitrogens is 1. The van der Waals surface area contributed by atoms with Crippen molar-refractivity contribution in [1.29, 1.82) is 0 Å². The maximum Gasteiger partial charge on any atom is 0.295 e. The SMILES string of the molecule is CC(=O)/C(=C/c1ccccc1)n1cc([N+](=O)[O-])c2ccccc21. The molecule has 0 aliphatic carbocycles. The number of nitrogens with zero attached hydrogens (tertiary/aromatic N) is 2. The summed E-state index contributed by atoms with van der Waals surface area (Å²) >= 11 is 0. The van der Waals surface area contributed by atoms with E-state index < -0.39 is 4.92 Å². The molecule has 1 aromatic heterocycles. The first-order valence-electron chi connectivity index (χ1n) is 7.10. The third kappa shape index (κ3) is 2.76. The van der Waals surface area contributed by atoms with Crippen molar-refractivity contribution in [3.8, 4) is 0 Å². The molecular formula is C18H14N2O3. The van der Waals surface area contributed by atoms with E-state index in [1.807, 2.05) is 30.3 Å². The van der Waals surface area contributed by atoms with Crippen molar-refractivity contribution in [2.45, 2.75) is 6.92 Å². The van der Waals surface area contributed by atoms with Crippen LogP contribution in [0.4, 0.5) is 5.69 Å². The fraction of sp³-hybridized carbons (Fsp3) is 0.0556. The highest BCUT2D eigenvalue weighted by molar-refractivity contribution is 6.20. The van der Waals surface area contributed by atoms with Gasteiger partial charge in [0.2, 0.25) is 0 Å². The summed E-state index contributed by atoms with van der Waals surface area (Å²) in [5, 5.41) is 11.8. The molecule has 1 heterocycles. The van der Waals surface area contributed by atoms with Crippen LogP contribution in [0.2, 0.25) is 0 Å². The molecule has 23 heavy (non-hydrogen) atoms. The number of hydrogen-bond donors (Lipinski definition) is 0. The van der Waals surface area contributed by atoms with Gasteiger partial charge >= 0.3 is 0 Å². The first kappa shape index (κ1) is 14.7. The molecule has 0 fully saturated rings. The topological polar surface area (TPSA) is 65.1 Å². The van der Waals surface area contributed by atoms with Crippen molar-refractivity contribution < 1.29 is 9.72 Å². The van der Waals surface area contributed by atoms with Gasteiger partial charge in [0.25, 0.3) is 5.69 Å². The monoisotopic (exact) mass is 306 g/mol. The van der Waals surface area contributed by atoms with Crippen LogP contribution in [0, 0.1) is 10.1 Å². The number of hydrogen-bond acceptors (Lipinski definition) is 3. The van der Waals surface area contributed by atoms with Crippen LogP contribution in [0.5, 0.6) is 0 Å². The average molecular weight is 306 g/mol. The second-order valence-corrected chi connectivity index (χ2v) is 5.16. The molecule has 0 saturated carbocycles. The lowest BCUT2D eigenvalue weighted by Gasteiger charge is -2.07. The Hall–Kier alpha value is -3.21. The summed E-state index contributed by atoms with van der Waals surface area (Å²) in [5.74, 6) is -0.162. The highest BCUT2D eigenvalue weighted by atomic mass is 16.6. The molecule has 3 aromatic rings. The van der Waals surface area contributed by atoms with Crippen LogP contribution in [0.15, 0.2) is 60.8 Å². The van der Waals surface area contributed by atoms with Crippen LogP contribution in [0.25, 0.3) is 22.7 Å². The lowest BCUT2D eigenvalue weighted by molar-refractivity contribution is -0.383. The van der Waals surface area contributed by atoms with Gasteiger partial charge in [-0.1, -0.05) is 42.5 Å². The van der Waals surface area contributed by atoms with E-state index in [2.05, 4.69) is 0 Å². The summed E-state index contributed by atoms with van der Waals surface area (Å²) in [6.07, 6.45) is 3.14. The number of rotatable bonds is 4. The van der Waals surface area contributed by atoms with E-state index in [0.717, 1.165) is 5.56 Å². The summed E-state index contributed by atoms with van der Waals surface area (Å²) in [5.41, 5.74) is 1.87. The number of Topliss-reactive ketones (excluding diaryl/α,β-unsaturated/α-hetero) is 1. The van der Waals surface area contributed by atoms with E-state index >= 15 is 0 Å². The number of allylic oxidation sites excluding steroid dienone is 1. The van der Waals surface area contributed by atoms with E-state index in [1.165, 1.54) is 13.1 Å². The van der Waals surface area contributed by atoms with Crippen LogP contribution in [0.3, 0.4) is 0 Å². The molecule has 5 nitrogen and oxygen atoms in total. The Kier molecular flexibility index (Phi) is 3.76. The fourth-order valence-corrected chi connectivity index (χ4v) is 2.55. The number of benzene rings is 2. The van der Waals surface area contributed by atoms with Gasteiger partial charge in [0, 0.05) is 6.92 Å². The normalized spacial score (nSPS) is 11.6. The van der Waals surface area contributed by atoms with Crippen LogP contribution >= 0.6 is 0 Å². The van der Waals surface area contributed by atoms with Gasteiger partial charge in [-0.2, -0.15) is 0 Å².